The van der Waals surface area contributed by atoms with Crippen LogP contribution in [0.4, 0.5) is 0 Å². The van der Waals surface area contributed by atoms with Crippen molar-refractivity contribution < 1.29 is 19.4 Å². The van der Waals surface area contributed by atoms with E-state index < -0.39 is 12.0 Å². The van der Waals surface area contributed by atoms with E-state index in [1.54, 1.807) is 13.0 Å². The van der Waals surface area contributed by atoms with E-state index in [0.717, 1.165) is 22.9 Å². The molecule has 2 aromatic rings. The lowest BCUT2D eigenvalue weighted by molar-refractivity contribution is -0.145. The number of aliphatic carboxylic acids is 1. The Kier molecular flexibility index (Phi) is 6.95. The molecule has 8 heteroatoms. The van der Waals surface area contributed by atoms with Crippen molar-refractivity contribution in [2.45, 2.75) is 26.0 Å². The topological polar surface area (TPSA) is 66.8 Å². The van der Waals surface area contributed by atoms with Crippen molar-refractivity contribution in [3.8, 4) is 5.75 Å². The van der Waals surface area contributed by atoms with E-state index in [0.29, 0.717) is 22.3 Å². The van der Waals surface area contributed by atoms with Crippen LogP contribution in [0.15, 0.2) is 53.4 Å². The number of thioether (sulfide) groups is 1. The molecule has 1 amide bonds. The molecule has 1 N–H and O–H groups in total. The van der Waals surface area contributed by atoms with Gasteiger partial charge in [-0.1, -0.05) is 66.8 Å². The highest BCUT2D eigenvalue weighted by atomic mass is 35.5. The molecule has 1 aliphatic heterocycles. The fraction of sp³-hybridized carbons (Fsp3) is 0.190. The fourth-order valence-electron chi connectivity index (χ4n) is 2.78. The van der Waals surface area contributed by atoms with E-state index in [9.17, 15) is 14.7 Å². The first kappa shape index (κ1) is 21.4. The molecule has 0 radical (unpaired) electrons. The number of amides is 1. The second-order valence-electron chi connectivity index (χ2n) is 6.30. The highest BCUT2D eigenvalue weighted by Gasteiger charge is 2.39. The molecule has 1 unspecified atom stereocenters. The van der Waals surface area contributed by atoms with Crippen LogP contribution >= 0.6 is 35.6 Å². The molecule has 0 saturated carbocycles. The number of halogens is 1. The molecular formula is C21H18ClNO4S2. The van der Waals surface area contributed by atoms with Gasteiger partial charge in [0, 0.05) is 5.02 Å². The number of hydrogen-bond donors (Lipinski definition) is 1. The molecule has 0 spiro atoms. The number of benzene rings is 2. The van der Waals surface area contributed by atoms with Crippen LogP contribution in [0.3, 0.4) is 0 Å². The molecule has 29 heavy (non-hydrogen) atoms. The molecule has 1 fully saturated rings. The maximum Gasteiger partial charge on any atom is 0.326 e. The second-order valence-corrected chi connectivity index (χ2v) is 8.41. The zero-order valence-corrected chi connectivity index (χ0v) is 17.9. The summed E-state index contributed by atoms with van der Waals surface area (Å²) >= 11 is 12.2. The summed E-state index contributed by atoms with van der Waals surface area (Å²) in [5.41, 5.74) is 1.80. The van der Waals surface area contributed by atoms with E-state index in [2.05, 4.69) is 0 Å². The van der Waals surface area contributed by atoms with Gasteiger partial charge >= 0.3 is 5.97 Å². The molecule has 1 saturated heterocycles. The predicted octanol–water partition coefficient (Wildman–Crippen LogP) is 4.98. The number of thiocarbonyl (C=S) groups is 1. The lowest BCUT2D eigenvalue weighted by Crippen LogP contribution is -2.43. The molecule has 2 aromatic carbocycles. The normalized spacial score (nSPS) is 16.3. The van der Waals surface area contributed by atoms with Crippen LogP contribution in [0.2, 0.25) is 5.02 Å². The number of carboxylic acid groups (broad SMARTS) is 1. The summed E-state index contributed by atoms with van der Waals surface area (Å²) < 4.78 is 6.02. The first-order chi connectivity index (χ1) is 13.9. The van der Waals surface area contributed by atoms with Crippen molar-refractivity contribution in [1.82, 2.24) is 4.90 Å². The average Bonchev–Trinajstić information content (AvgIpc) is 2.97. The van der Waals surface area contributed by atoms with Gasteiger partial charge in [-0.05, 0) is 47.9 Å². The summed E-state index contributed by atoms with van der Waals surface area (Å²) in [6.07, 6.45) is 1.99. The van der Waals surface area contributed by atoms with Crippen molar-refractivity contribution in [1.29, 1.82) is 0 Å². The second kappa shape index (κ2) is 9.43. The fourth-order valence-corrected chi connectivity index (χ4v) is 4.26. The number of hydrogen-bond acceptors (Lipinski definition) is 5. The first-order valence-electron chi connectivity index (χ1n) is 8.86. The van der Waals surface area contributed by atoms with Crippen molar-refractivity contribution >= 4 is 57.9 Å². The Morgan fingerprint density at radius 1 is 1.24 bits per heavy atom. The van der Waals surface area contributed by atoms with Crippen molar-refractivity contribution in [3.05, 3.63) is 69.6 Å². The van der Waals surface area contributed by atoms with Gasteiger partial charge in [0.2, 0.25) is 0 Å². The van der Waals surface area contributed by atoms with Gasteiger partial charge in [-0.2, -0.15) is 0 Å². The summed E-state index contributed by atoms with van der Waals surface area (Å²) in [4.78, 5) is 25.6. The molecule has 1 aliphatic rings. The lowest BCUT2D eigenvalue weighted by Gasteiger charge is -2.21. The minimum absolute atomic E-state index is 0.262. The van der Waals surface area contributed by atoms with E-state index in [4.69, 9.17) is 28.6 Å². The van der Waals surface area contributed by atoms with Gasteiger partial charge in [0.15, 0.2) is 0 Å². The number of carboxylic acids is 1. The molecule has 0 aliphatic carbocycles. The Morgan fingerprint density at radius 2 is 1.90 bits per heavy atom. The molecular weight excluding hydrogens is 430 g/mol. The molecule has 1 atom stereocenters. The molecule has 0 bridgehead atoms. The zero-order chi connectivity index (χ0) is 21.0. The van der Waals surface area contributed by atoms with Crippen LogP contribution in [0, 0.1) is 0 Å². The maximum absolute atomic E-state index is 12.6. The number of ether oxygens (including phenoxy) is 1. The Labute approximate surface area is 183 Å². The number of carbonyl (C=O) groups excluding carboxylic acids is 1. The van der Waals surface area contributed by atoms with Crippen molar-refractivity contribution in [2.24, 2.45) is 0 Å². The summed E-state index contributed by atoms with van der Waals surface area (Å²) in [6, 6.07) is 13.8. The Hall–Kier alpha value is -2.35. The average molecular weight is 448 g/mol. The summed E-state index contributed by atoms with van der Waals surface area (Å²) in [6.45, 7) is 2.13. The third kappa shape index (κ3) is 5.18. The van der Waals surface area contributed by atoms with Crippen LogP contribution in [-0.4, -0.2) is 32.2 Å². The monoisotopic (exact) mass is 447 g/mol. The van der Waals surface area contributed by atoms with E-state index >= 15 is 0 Å². The van der Waals surface area contributed by atoms with Crippen molar-refractivity contribution in [3.63, 3.8) is 0 Å². The zero-order valence-electron chi connectivity index (χ0n) is 15.5. The third-order valence-corrected chi connectivity index (χ3v) is 5.89. The minimum atomic E-state index is -1.06. The van der Waals surface area contributed by atoms with Crippen LogP contribution in [-0.2, 0) is 16.2 Å². The Balaban J connectivity index is 1.67. The molecule has 3 rings (SSSR count). The standard InChI is InChI=1S/C21H18ClNO4S2/c1-2-17(20(25)26)23-19(24)18(29-21(23)28)11-13-5-9-16(10-6-13)27-12-14-3-7-15(22)8-4-14/h3-11,17H,2,12H2,1H3,(H,25,26)/b18-11-. The number of carbonyl (C=O) groups is 2. The third-order valence-electron chi connectivity index (χ3n) is 4.30. The van der Waals surface area contributed by atoms with Gasteiger partial charge in [0.05, 0.1) is 4.91 Å². The van der Waals surface area contributed by atoms with E-state index in [1.165, 1.54) is 4.90 Å². The summed E-state index contributed by atoms with van der Waals surface area (Å²) in [5.74, 6) is -0.744. The predicted molar refractivity (Wildman–Crippen MR) is 119 cm³/mol. The Bertz CT molecular complexity index is 958. The van der Waals surface area contributed by atoms with Gasteiger partial charge in [-0.3, -0.25) is 9.69 Å². The van der Waals surface area contributed by atoms with Gasteiger partial charge in [0.25, 0.3) is 5.91 Å². The lowest BCUT2D eigenvalue weighted by atomic mass is 10.1. The highest BCUT2D eigenvalue weighted by Crippen LogP contribution is 2.34. The van der Waals surface area contributed by atoms with Gasteiger partial charge in [-0.25, -0.2) is 4.79 Å². The summed E-state index contributed by atoms with van der Waals surface area (Å²) in [5, 5.41) is 10.00. The van der Waals surface area contributed by atoms with Crippen LogP contribution in [0.5, 0.6) is 5.75 Å². The van der Waals surface area contributed by atoms with Crippen LogP contribution < -0.4 is 4.74 Å². The molecule has 5 nitrogen and oxygen atoms in total. The Morgan fingerprint density at radius 3 is 2.48 bits per heavy atom. The van der Waals surface area contributed by atoms with Crippen molar-refractivity contribution in [2.75, 3.05) is 0 Å². The largest absolute Gasteiger partial charge is 0.489 e. The molecule has 1 heterocycles. The molecule has 0 aromatic heterocycles. The SMILES string of the molecule is CCC(C(=O)O)N1C(=O)/C(=C/c2ccc(OCc3ccc(Cl)cc3)cc2)SC1=S. The van der Waals surface area contributed by atoms with E-state index in [-0.39, 0.29) is 16.6 Å². The molecule has 150 valence electrons. The van der Waals surface area contributed by atoms with Gasteiger partial charge in [-0.15, -0.1) is 0 Å². The quantitative estimate of drug-likeness (QED) is 0.476. The minimum Gasteiger partial charge on any atom is -0.489 e. The maximum atomic E-state index is 12.6. The van der Waals surface area contributed by atoms with Gasteiger partial charge in [0.1, 0.15) is 22.7 Å². The summed E-state index contributed by atoms with van der Waals surface area (Å²) in [7, 11) is 0. The highest BCUT2D eigenvalue weighted by molar-refractivity contribution is 8.26. The van der Waals surface area contributed by atoms with E-state index in [1.807, 2.05) is 48.5 Å². The van der Waals surface area contributed by atoms with Crippen LogP contribution in [0.1, 0.15) is 24.5 Å². The number of nitrogens with zero attached hydrogens (tertiary/aromatic N) is 1. The number of rotatable bonds is 7. The van der Waals surface area contributed by atoms with Crippen LogP contribution in [0.25, 0.3) is 6.08 Å². The first-order valence-corrected chi connectivity index (χ1v) is 10.5. The smallest absolute Gasteiger partial charge is 0.326 e. The van der Waals surface area contributed by atoms with Gasteiger partial charge < -0.3 is 9.84 Å².